The van der Waals surface area contributed by atoms with E-state index in [0.717, 1.165) is 0 Å². The summed E-state index contributed by atoms with van der Waals surface area (Å²) in [5.41, 5.74) is -0.254. The van der Waals surface area contributed by atoms with Gasteiger partial charge in [-0.15, -0.1) is 0 Å². The second kappa shape index (κ2) is 7.89. The van der Waals surface area contributed by atoms with Gasteiger partial charge in [0.15, 0.2) is 5.69 Å². The average molecular weight is 389 g/mol. The molecule has 1 amide bonds. The Morgan fingerprint density at radius 3 is 2.65 bits per heavy atom. The number of aromatic nitrogens is 2. The van der Waals surface area contributed by atoms with Gasteiger partial charge in [0.2, 0.25) is 21.7 Å². The van der Waals surface area contributed by atoms with Gasteiger partial charge in [0.1, 0.15) is 6.61 Å². The third-order valence-electron chi connectivity index (χ3n) is 4.51. The summed E-state index contributed by atoms with van der Waals surface area (Å²) in [6.07, 6.45) is 0.605. The van der Waals surface area contributed by atoms with Crippen molar-refractivity contribution in [2.75, 3.05) is 51.6 Å². The number of carbonyl (C=O) groups excluding carboxylic acids is 1. The lowest BCUT2D eigenvalue weighted by Crippen LogP contribution is -2.50. The van der Waals surface area contributed by atoms with Crippen molar-refractivity contribution < 1.29 is 22.3 Å². The summed E-state index contributed by atoms with van der Waals surface area (Å²) < 4.78 is 46.1. The minimum atomic E-state index is -3.16. The molecule has 0 saturated carbocycles. The van der Waals surface area contributed by atoms with E-state index < -0.39 is 21.7 Å². The van der Waals surface area contributed by atoms with Gasteiger partial charge in [-0.1, -0.05) is 6.92 Å². The van der Waals surface area contributed by atoms with Crippen molar-refractivity contribution in [1.29, 1.82) is 0 Å². The Labute approximate surface area is 152 Å². The van der Waals surface area contributed by atoms with Crippen LogP contribution in [0.2, 0.25) is 0 Å². The predicted octanol–water partition coefficient (Wildman–Crippen LogP) is -0.498. The van der Waals surface area contributed by atoms with Gasteiger partial charge in [-0.25, -0.2) is 13.1 Å². The predicted molar refractivity (Wildman–Crippen MR) is 92.1 cm³/mol. The van der Waals surface area contributed by atoms with E-state index in [4.69, 9.17) is 4.74 Å². The van der Waals surface area contributed by atoms with Crippen LogP contribution in [0.5, 0.6) is 5.88 Å². The van der Waals surface area contributed by atoms with Crippen LogP contribution in [0.1, 0.15) is 23.8 Å². The van der Waals surface area contributed by atoms with Crippen LogP contribution in [0, 0.1) is 5.82 Å². The van der Waals surface area contributed by atoms with Crippen LogP contribution in [0.15, 0.2) is 0 Å². The number of sulfonamides is 1. The Bertz CT molecular complexity index is 758. The molecule has 0 spiro atoms. The highest BCUT2D eigenvalue weighted by atomic mass is 32.2. The monoisotopic (exact) mass is 389 g/mol. The topological polar surface area (TPSA) is 96.8 Å². The molecule has 9 nitrogen and oxygen atoms in total. The van der Waals surface area contributed by atoms with Crippen LogP contribution in [-0.4, -0.2) is 84.9 Å². The molecule has 1 saturated heterocycles. The molecule has 1 aromatic heterocycles. The molecule has 3 rings (SSSR count). The second-order valence-corrected chi connectivity index (χ2v) is 8.44. The zero-order chi connectivity index (χ0) is 18.7. The minimum absolute atomic E-state index is 0.0135. The van der Waals surface area contributed by atoms with Crippen LogP contribution in [-0.2, 0) is 16.6 Å². The Kier molecular flexibility index (Phi) is 5.78. The number of nitrogens with one attached hydrogen (secondary N) is 1. The van der Waals surface area contributed by atoms with E-state index in [1.807, 2.05) is 6.92 Å². The molecule has 0 radical (unpaired) electrons. The van der Waals surface area contributed by atoms with E-state index in [9.17, 15) is 17.6 Å². The highest BCUT2D eigenvalue weighted by Crippen LogP contribution is 2.24. The van der Waals surface area contributed by atoms with Gasteiger partial charge in [-0.05, 0) is 6.42 Å². The Hall–Kier alpha value is -1.72. The van der Waals surface area contributed by atoms with Gasteiger partial charge in [0, 0.05) is 39.3 Å². The van der Waals surface area contributed by atoms with E-state index >= 15 is 0 Å². The second-order valence-electron chi connectivity index (χ2n) is 6.35. The molecular weight excluding hydrogens is 365 g/mol. The van der Waals surface area contributed by atoms with E-state index in [0.29, 0.717) is 58.8 Å². The minimum Gasteiger partial charge on any atom is -0.474 e. The van der Waals surface area contributed by atoms with Crippen LogP contribution >= 0.6 is 0 Å². The lowest BCUT2D eigenvalue weighted by atomic mass is 10.3. The average Bonchev–Trinajstić information content (AvgIpc) is 3.18. The number of halogens is 1. The van der Waals surface area contributed by atoms with Gasteiger partial charge in [-0.2, -0.15) is 13.8 Å². The summed E-state index contributed by atoms with van der Waals surface area (Å²) in [6, 6.07) is 0. The standard InChI is InChI=1S/C15H24FN5O4S/c1-2-11-26(23,24)20-7-5-19(6-8-20)4-3-17-14(22)13-12(16)15-21(18-13)9-10-25-15/h2-11H2,1H3,(H,17,22). The smallest absolute Gasteiger partial charge is 0.275 e. The fourth-order valence-electron chi connectivity index (χ4n) is 3.12. The highest BCUT2D eigenvalue weighted by Gasteiger charge is 2.28. The van der Waals surface area contributed by atoms with Crippen LogP contribution in [0.4, 0.5) is 4.39 Å². The number of fused-ring (bicyclic) bond motifs is 1. The number of hydrogen-bond donors (Lipinski definition) is 1. The first-order valence-electron chi connectivity index (χ1n) is 8.80. The van der Waals surface area contributed by atoms with E-state index in [1.165, 1.54) is 8.99 Å². The molecular formula is C15H24FN5O4S. The third-order valence-corrected chi connectivity index (χ3v) is 6.58. The van der Waals surface area contributed by atoms with Crippen molar-refractivity contribution >= 4 is 15.9 Å². The van der Waals surface area contributed by atoms with Crippen molar-refractivity contribution in [3.63, 3.8) is 0 Å². The molecule has 26 heavy (non-hydrogen) atoms. The summed E-state index contributed by atoms with van der Waals surface area (Å²) in [5, 5.41) is 6.58. The van der Waals surface area contributed by atoms with E-state index in [1.54, 1.807) is 0 Å². The van der Waals surface area contributed by atoms with Crippen LogP contribution in [0.25, 0.3) is 0 Å². The van der Waals surface area contributed by atoms with Crippen molar-refractivity contribution in [3.05, 3.63) is 11.5 Å². The molecule has 3 heterocycles. The van der Waals surface area contributed by atoms with E-state index in [-0.39, 0.29) is 17.3 Å². The third kappa shape index (κ3) is 3.99. The number of nitrogens with zero attached hydrogens (tertiary/aromatic N) is 4. The molecule has 2 aliphatic heterocycles. The quantitative estimate of drug-likeness (QED) is 0.676. The maximum absolute atomic E-state index is 14.0. The van der Waals surface area contributed by atoms with Gasteiger partial charge >= 0.3 is 0 Å². The van der Waals surface area contributed by atoms with Gasteiger partial charge < -0.3 is 10.1 Å². The fraction of sp³-hybridized carbons (Fsp3) is 0.733. The van der Waals surface area contributed by atoms with Crippen molar-refractivity contribution in [2.45, 2.75) is 19.9 Å². The summed E-state index contributed by atoms with van der Waals surface area (Å²) in [4.78, 5) is 14.2. The lowest BCUT2D eigenvalue weighted by Gasteiger charge is -2.33. The molecule has 0 aromatic carbocycles. The molecule has 0 aliphatic carbocycles. The number of rotatable bonds is 7. The number of carbonyl (C=O) groups is 1. The molecule has 1 N–H and O–H groups in total. The van der Waals surface area contributed by atoms with Crippen molar-refractivity contribution in [3.8, 4) is 5.88 Å². The van der Waals surface area contributed by atoms with Gasteiger partial charge in [-0.3, -0.25) is 9.69 Å². The summed E-state index contributed by atoms with van der Waals surface area (Å²) in [6.45, 7) is 5.68. The largest absolute Gasteiger partial charge is 0.474 e. The summed E-state index contributed by atoms with van der Waals surface area (Å²) in [5.74, 6) is -1.11. The Balaban J connectivity index is 1.43. The molecule has 0 atom stereocenters. The van der Waals surface area contributed by atoms with Crippen LogP contribution < -0.4 is 10.1 Å². The first kappa shape index (κ1) is 19.1. The summed E-state index contributed by atoms with van der Waals surface area (Å²) in [7, 11) is -3.16. The van der Waals surface area contributed by atoms with Crippen LogP contribution in [0.3, 0.4) is 0 Å². The zero-order valence-electron chi connectivity index (χ0n) is 14.8. The number of amides is 1. The SMILES string of the molecule is CCCS(=O)(=O)N1CCN(CCNC(=O)c2nn3c(c2F)OCC3)CC1. The molecule has 2 aliphatic rings. The van der Waals surface area contributed by atoms with E-state index in [2.05, 4.69) is 15.3 Å². The lowest BCUT2D eigenvalue weighted by molar-refractivity contribution is 0.0934. The highest BCUT2D eigenvalue weighted by molar-refractivity contribution is 7.89. The number of piperazine rings is 1. The summed E-state index contributed by atoms with van der Waals surface area (Å²) >= 11 is 0. The molecule has 0 bridgehead atoms. The van der Waals surface area contributed by atoms with Gasteiger partial charge in [0.25, 0.3) is 5.91 Å². The van der Waals surface area contributed by atoms with Crippen molar-refractivity contribution in [2.24, 2.45) is 0 Å². The molecule has 1 aromatic rings. The Morgan fingerprint density at radius 1 is 1.27 bits per heavy atom. The normalized spacial score (nSPS) is 18.5. The maximum Gasteiger partial charge on any atom is 0.275 e. The Morgan fingerprint density at radius 2 is 2.00 bits per heavy atom. The number of ether oxygens (including phenoxy) is 1. The first-order chi connectivity index (χ1) is 12.4. The maximum atomic E-state index is 14.0. The molecule has 146 valence electrons. The van der Waals surface area contributed by atoms with Gasteiger partial charge in [0.05, 0.1) is 12.3 Å². The fourth-order valence-corrected chi connectivity index (χ4v) is 4.61. The molecule has 1 fully saturated rings. The van der Waals surface area contributed by atoms with Crippen molar-refractivity contribution in [1.82, 2.24) is 24.3 Å². The molecule has 11 heteroatoms. The number of hydrogen-bond acceptors (Lipinski definition) is 6. The zero-order valence-corrected chi connectivity index (χ0v) is 15.6. The molecule has 0 unspecified atom stereocenters. The first-order valence-corrected chi connectivity index (χ1v) is 10.4.